The zero-order valence-corrected chi connectivity index (χ0v) is 18.5. The number of rotatable bonds is 5. The molecule has 1 saturated carbocycles. The van der Waals surface area contributed by atoms with Crippen molar-refractivity contribution in [2.24, 2.45) is 0 Å². The molecule has 1 aromatic rings. The Labute approximate surface area is 168 Å². The summed E-state index contributed by atoms with van der Waals surface area (Å²) >= 11 is 0. The SMILES string of the molecule is C=C1[C@@H](F)CC(O[Si](C)(C)C(C)(C)C)CC12OC2COC(=O)c1ccccc1. The molecule has 0 radical (unpaired) electrons. The van der Waals surface area contributed by atoms with Crippen molar-refractivity contribution in [1.82, 2.24) is 0 Å². The van der Waals surface area contributed by atoms with Crippen LogP contribution in [0.15, 0.2) is 42.5 Å². The molecule has 1 heterocycles. The van der Waals surface area contributed by atoms with Crippen LogP contribution in [-0.2, 0) is 13.9 Å². The first-order valence-electron chi connectivity index (χ1n) is 9.87. The number of hydrogen-bond donors (Lipinski definition) is 0. The third-order valence-electron chi connectivity index (χ3n) is 6.38. The molecule has 1 spiro atoms. The maximum Gasteiger partial charge on any atom is 0.338 e. The fourth-order valence-corrected chi connectivity index (χ4v) is 4.90. The Kier molecular flexibility index (Phi) is 5.60. The summed E-state index contributed by atoms with van der Waals surface area (Å²) in [5.74, 6) is -0.404. The van der Waals surface area contributed by atoms with Crippen LogP contribution in [0.5, 0.6) is 0 Å². The molecule has 1 saturated heterocycles. The lowest BCUT2D eigenvalue weighted by atomic mass is 9.80. The van der Waals surface area contributed by atoms with Crippen molar-refractivity contribution in [2.45, 2.75) is 75.7 Å². The summed E-state index contributed by atoms with van der Waals surface area (Å²) in [5.41, 5.74) is 0.160. The van der Waals surface area contributed by atoms with Crippen LogP contribution in [0.2, 0.25) is 18.1 Å². The van der Waals surface area contributed by atoms with Crippen molar-refractivity contribution >= 4 is 14.3 Å². The molecule has 0 amide bonds. The Balaban J connectivity index is 1.63. The van der Waals surface area contributed by atoms with Crippen molar-refractivity contribution in [3.8, 4) is 0 Å². The molecule has 0 bridgehead atoms. The molecule has 28 heavy (non-hydrogen) atoms. The predicted octanol–water partition coefficient (Wildman–Crippen LogP) is 5.06. The minimum absolute atomic E-state index is 0.0510. The fourth-order valence-electron chi connectivity index (χ4n) is 3.53. The summed E-state index contributed by atoms with van der Waals surface area (Å²) in [6, 6.07) is 8.81. The van der Waals surface area contributed by atoms with Gasteiger partial charge in [-0.15, -0.1) is 0 Å². The van der Waals surface area contributed by atoms with Crippen molar-refractivity contribution in [1.29, 1.82) is 0 Å². The molecule has 4 atom stereocenters. The van der Waals surface area contributed by atoms with E-state index in [0.717, 1.165) is 0 Å². The summed E-state index contributed by atoms with van der Waals surface area (Å²) < 4.78 is 32.4. The van der Waals surface area contributed by atoms with E-state index in [1.54, 1.807) is 24.3 Å². The molecule has 2 aliphatic rings. The van der Waals surface area contributed by atoms with Crippen LogP contribution in [-0.4, -0.2) is 44.9 Å². The molecule has 3 rings (SSSR count). The van der Waals surface area contributed by atoms with Gasteiger partial charge in [0.1, 0.15) is 24.5 Å². The third kappa shape index (κ3) is 4.09. The third-order valence-corrected chi connectivity index (χ3v) is 10.9. The number of carbonyl (C=O) groups excluding carboxylic acids is 1. The lowest BCUT2D eigenvalue weighted by Gasteiger charge is -2.42. The summed E-state index contributed by atoms with van der Waals surface area (Å²) in [6.07, 6.45) is -0.870. The molecule has 3 unspecified atom stereocenters. The van der Waals surface area contributed by atoms with Gasteiger partial charge < -0.3 is 13.9 Å². The minimum atomic E-state index is -2.02. The van der Waals surface area contributed by atoms with Gasteiger partial charge in [0.05, 0.1) is 11.7 Å². The van der Waals surface area contributed by atoms with Crippen LogP contribution in [0, 0.1) is 0 Å². The van der Waals surface area contributed by atoms with Crippen LogP contribution < -0.4 is 0 Å². The lowest BCUT2D eigenvalue weighted by molar-refractivity contribution is 0.0476. The van der Waals surface area contributed by atoms with E-state index in [4.69, 9.17) is 13.9 Å². The largest absolute Gasteiger partial charge is 0.459 e. The summed E-state index contributed by atoms with van der Waals surface area (Å²) in [5, 5.41) is 0.0510. The number of hydrogen-bond acceptors (Lipinski definition) is 4. The van der Waals surface area contributed by atoms with E-state index in [1.165, 1.54) is 0 Å². The summed E-state index contributed by atoms with van der Waals surface area (Å²) in [6.45, 7) is 14.9. The molecule has 6 heteroatoms. The monoisotopic (exact) mass is 406 g/mol. The van der Waals surface area contributed by atoms with Crippen molar-refractivity contribution < 1.29 is 23.1 Å². The van der Waals surface area contributed by atoms with Gasteiger partial charge in [-0.05, 0) is 35.8 Å². The molecule has 4 nitrogen and oxygen atoms in total. The first-order valence-corrected chi connectivity index (χ1v) is 12.8. The average Bonchev–Trinajstić information content (AvgIpc) is 3.30. The maximum absolute atomic E-state index is 14.7. The lowest BCUT2D eigenvalue weighted by Crippen LogP contribution is -2.48. The second-order valence-electron chi connectivity index (χ2n) is 9.39. The number of epoxide rings is 1. The number of halogens is 1. The van der Waals surface area contributed by atoms with Gasteiger partial charge in [0.2, 0.25) is 0 Å². The highest BCUT2D eigenvalue weighted by Crippen LogP contribution is 2.53. The van der Waals surface area contributed by atoms with E-state index in [0.29, 0.717) is 24.0 Å². The van der Waals surface area contributed by atoms with Crippen LogP contribution in [0.3, 0.4) is 0 Å². The van der Waals surface area contributed by atoms with E-state index in [1.807, 2.05) is 6.07 Å². The molecule has 1 aliphatic carbocycles. The molecule has 1 aromatic carbocycles. The maximum atomic E-state index is 14.7. The molecular formula is C22H31FO4Si. The number of esters is 1. The van der Waals surface area contributed by atoms with Gasteiger partial charge in [-0.25, -0.2) is 9.18 Å². The predicted molar refractivity (Wildman–Crippen MR) is 110 cm³/mol. The molecule has 0 aromatic heterocycles. The molecular weight excluding hydrogens is 375 g/mol. The quantitative estimate of drug-likeness (QED) is 0.297. The second-order valence-corrected chi connectivity index (χ2v) is 14.1. The van der Waals surface area contributed by atoms with Crippen LogP contribution in [0.4, 0.5) is 4.39 Å². The van der Waals surface area contributed by atoms with Gasteiger partial charge in [-0.2, -0.15) is 0 Å². The fraction of sp³-hybridized carbons (Fsp3) is 0.591. The number of ether oxygens (including phenoxy) is 2. The Morgan fingerprint density at radius 3 is 2.57 bits per heavy atom. The topological polar surface area (TPSA) is 48.1 Å². The van der Waals surface area contributed by atoms with Gasteiger partial charge in [0.25, 0.3) is 0 Å². The summed E-state index contributed by atoms with van der Waals surface area (Å²) in [7, 11) is -2.02. The van der Waals surface area contributed by atoms with Crippen LogP contribution in [0.1, 0.15) is 44.0 Å². The minimum Gasteiger partial charge on any atom is -0.459 e. The van der Waals surface area contributed by atoms with Crippen LogP contribution in [0.25, 0.3) is 0 Å². The number of carbonyl (C=O) groups is 1. The normalized spacial score (nSPS) is 30.4. The van der Waals surface area contributed by atoms with E-state index in [9.17, 15) is 9.18 Å². The van der Waals surface area contributed by atoms with Gasteiger partial charge in [0.15, 0.2) is 8.32 Å². The zero-order valence-electron chi connectivity index (χ0n) is 17.5. The van der Waals surface area contributed by atoms with E-state index in [-0.39, 0.29) is 23.9 Å². The van der Waals surface area contributed by atoms with Crippen molar-refractivity contribution in [2.75, 3.05) is 6.61 Å². The van der Waals surface area contributed by atoms with E-state index >= 15 is 0 Å². The molecule has 154 valence electrons. The van der Waals surface area contributed by atoms with Gasteiger partial charge in [0, 0.05) is 12.8 Å². The second kappa shape index (κ2) is 7.39. The van der Waals surface area contributed by atoms with E-state index < -0.39 is 26.1 Å². The smallest absolute Gasteiger partial charge is 0.338 e. The first-order chi connectivity index (χ1) is 13.0. The summed E-state index contributed by atoms with van der Waals surface area (Å²) in [4.78, 5) is 12.2. The van der Waals surface area contributed by atoms with Crippen molar-refractivity contribution in [3.63, 3.8) is 0 Å². The zero-order chi connectivity index (χ0) is 20.7. The highest BCUT2D eigenvalue weighted by atomic mass is 28.4. The Morgan fingerprint density at radius 2 is 1.96 bits per heavy atom. The standard InChI is InChI=1S/C22H31FO4Si/c1-15-18(23)12-17(27-28(5,6)21(2,3)4)13-22(15)19(26-22)14-25-20(24)16-10-8-7-9-11-16/h7-11,17-19H,1,12-14H2,2-6H3/t17?,18-,19?,22?/m0/s1. The van der Waals surface area contributed by atoms with Gasteiger partial charge in [-0.3, -0.25) is 0 Å². The molecule has 2 fully saturated rings. The van der Waals surface area contributed by atoms with Gasteiger partial charge in [-0.1, -0.05) is 45.5 Å². The highest BCUT2D eigenvalue weighted by Gasteiger charge is 2.64. The molecule has 0 N–H and O–H groups in total. The van der Waals surface area contributed by atoms with Gasteiger partial charge >= 0.3 is 5.97 Å². The Hall–Kier alpha value is -1.50. The number of benzene rings is 1. The Morgan fingerprint density at radius 1 is 1.32 bits per heavy atom. The first kappa shape index (κ1) is 21.2. The Bertz CT molecular complexity index is 743. The van der Waals surface area contributed by atoms with E-state index in [2.05, 4.69) is 40.4 Å². The number of alkyl halides is 1. The van der Waals surface area contributed by atoms with Crippen LogP contribution >= 0.6 is 0 Å². The molecule has 1 aliphatic heterocycles. The average molecular weight is 407 g/mol. The van der Waals surface area contributed by atoms with Crippen molar-refractivity contribution in [3.05, 3.63) is 48.0 Å². The highest BCUT2D eigenvalue weighted by molar-refractivity contribution is 6.74.